The van der Waals surface area contributed by atoms with Crippen molar-refractivity contribution >= 4 is 28.9 Å². The Hall–Kier alpha value is -2.30. The Balaban J connectivity index is 1.68. The number of rotatable bonds is 4. The van der Waals surface area contributed by atoms with Crippen LogP contribution in [0.1, 0.15) is 16.7 Å². The fraction of sp³-hybridized carbons (Fsp3) is 0.143. The first kappa shape index (κ1) is 17.1. The summed E-state index contributed by atoms with van der Waals surface area (Å²) in [5.41, 5.74) is 6.73. The van der Waals surface area contributed by atoms with Crippen LogP contribution in [0, 0.1) is 13.8 Å². The minimum atomic E-state index is 0.774. The third-order valence-electron chi connectivity index (χ3n) is 4.33. The van der Waals surface area contributed by atoms with Crippen LogP contribution in [0.15, 0.2) is 66.0 Å². The number of hydrogen-bond acceptors (Lipinski definition) is 3. The predicted molar refractivity (Wildman–Crippen MR) is 109 cm³/mol. The molecule has 0 saturated heterocycles. The van der Waals surface area contributed by atoms with Gasteiger partial charge in [-0.3, -0.25) is 0 Å². The minimum absolute atomic E-state index is 0.774. The second-order valence-electron chi connectivity index (χ2n) is 6.29. The Morgan fingerprint density at radius 2 is 1.92 bits per heavy atom. The zero-order chi connectivity index (χ0) is 18.1. The molecule has 0 unspecified atom stereocenters. The molecule has 0 amide bonds. The molecule has 4 rings (SSSR count). The second-order valence-corrected chi connectivity index (χ2v) is 7.66. The van der Waals surface area contributed by atoms with Gasteiger partial charge in [0.1, 0.15) is 5.03 Å². The summed E-state index contributed by atoms with van der Waals surface area (Å²) >= 11 is 7.95. The molecule has 130 valence electrons. The predicted octanol–water partition coefficient (Wildman–Crippen LogP) is 5.96. The Morgan fingerprint density at radius 3 is 2.73 bits per heavy atom. The number of fused-ring (bicyclic) bond motifs is 1. The first-order chi connectivity index (χ1) is 12.6. The molecular weight excluding hydrogens is 362 g/mol. The molecule has 0 bridgehead atoms. The van der Waals surface area contributed by atoms with Crippen LogP contribution in [0.5, 0.6) is 0 Å². The molecule has 2 heterocycles. The van der Waals surface area contributed by atoms with Crippen molar-refractivity contribution in [3.8, 4) is 11.3 Å². The summed E-state index contributed by atoms with van der Waals surface area (Å²) < 4.78 is 1.90. The van der Waals surface area contributed by atoms with Gasteiger partial charge in [0.2, 0.25) is 0 Å². The largest absolute Gasteiger partial charge is 0.246 e. The summed E-state index contributed by atoms with van der Waals surface area (Å²) in [6, 6.07) is 16.5. The zero-order valence-electron chi connectivity index (χ0n) is 14.6. The Kier molecular flexibility index (Phi) is 4.70. The van der Waals surface area contributed by atoms with Crippen molar-refractivity contribution in [1.29, 1.82) is 0 Å². The van der Waals surface area contributed by atoms with E-state index in [4.69, 9.17) is 16.7 Å². The van der Waals surface area contributed by atoms with E-state index >= 15 is 0 Å². The highest BCUT2D eigenvalue weighted by atomic mass is 35.5. The van der Waals surface area contributed by atoms with E-state index in [0.717, 1.165) is 38.1 Å². The van der Waals surface area contributed by atoms with Gasteiger partial charge in [0, 0.05) is 28.7 Å². The lowest BCUT2D eigenvalue weighted by Gasteiger charge is -2.04. The lowest BCUT2D eigenvalue weighted by Crippen LogP contribution is -1.92. The van der Waals surface area contributed by atoms with Crippen LogP contribution < -0.4 is 0 Å². The molecule has 2 aromatic carbocycles. The molecule has 0 N–H and O–H groups in total. The van der Waals surface area contributed by atoms with Gasteiger partial charge in [0.05, 0.1) is 11.2 Å². The Morgan fingerprint density at radius 1 is 1.08 bits per heavy atom. The van der Waals surface area contributed by atoms with Crippen molar-refractivity contribution in [2.45, 2.75) is 24.6 Å². The normalized spacial score (nSPS) is 11.2. The summed E-state index contributed by atoms with van der Waals surface area (Å²) in [7, 11) is 0. The third kappa shape index (κ3) is 3.35. The molecule has 0 aliphatic rings. The molecule has 26 heavy (non-hydrogen) atoms. The fourth-order valence-electron chi connectivity index (χ4n) is 3.00. The van der Waals surface area contributed by atoms with E-state index in [1.54, 1.807) is 18.0 Å². The van der Waals surface area contributed by atoms with E-state index in [1.165, 1.54) is 11.1 Å². The number of hydrogen-bond donors (Lipinski definition) is 0. The van der Waals surface area contributed by atoms with Crippen LogP contribution in [0.25, 0.3) is 16.8 Å². The topological polar surface area (TPSA) is 30.2 Å². The van der Waals surface area contributed by atoms with Gasteiger partial charge < -0.3 is 0 Å². The lowest BCUT2D eigenvalue weighted by molar-refractivity contribution is 0.920. The van der Waals surface area contributed by atoms with Gasteiger partial charge in [-0.15, -0.1) is 0 Å². The fourth-order valence-corrected chi connectivity index (χ4v) is 4.26. The van der Waals surface area contributed by atoms with Gasteiger partial charge in [-0.1, -0.05) is 65.3 Å². The number of thioether (sulfide) groups is 1. The molecular formula is C21H18ClN3S. The highest BCUT2D eigenvalue weighted by molar-refractivity contribution is 7.98. The van der Waals surface area contributed by atoms with E-state index in [-0.39, 0.29) is 0 Å². The smallest absolute Gasteiger partial charge is 0.122 e. The minimum Gasteiger partial charge on any atom is -0.246 e. The average molecular weight is 380 g/mol. The van der Waals surface area contributed by atoms with E-state index in [1.807, 2.05) is 35.0 Å². The van der Waals surface area contributed by atoms with Gasteiger partial charge in [-0.05, 0) is 37.1 Å². The Bertz CT molecular complexity index is 1090. The van der Waals surface area contributed by atoms with Gasteiger partial charge in [-0.25, -0.2) is 9.50 Å². The molecule has 5 heteroatoms. The number of nitrogens with zero attached hydrogens (tertiary/aromatic N) is 3. The van der Waals surface area contributed by atoms with Gasteiger partial charge in [0.25, 0.3) is 0 Å². The van der Waals surface area contributed by atoms with Crippen molar-refractivity contribution in [2.75, 3.05) is 0 Å². The summed E-state index contributed by atoms with van der Waals surface area (Å²) in [6.07, 6.45) is 3.68. The molecule has 0 aliphatic carbocycles. The van der Waals surface area contributed by atoms with E-state index in [2.05, 4.69) is 43.1 Å². The maximum absolute atomic E-state index is 6.27. The van der Waals surface area contributed by atoms with Gasteiger partial charge in [-0.2, -0.15) is 5.10 Å². The average Bonchev–Trinajstić information content (AvgIpc) is 3.05. The van der Waals surface area contributed by atoms with Crippen molar-refractivity contribution in [3.63, 3.8) is 0 Å². The molecule has 4 aromatic rings. The number of halogens is 1. The summed E-state index contributed by atoms with van der Waals surface area (Å²) in [5.74, 6) is 0.774. The van der Waals surface area contributed by atoms with Crippen molar-refractivity contribution in [3.05, 3.63) is 82.6 Å². The van der Waals surface area contributed by atoms with E-state index < -0.39 is 0 Å². The van der Waals surface area contributed by atoms with Gasteiger partial charge in [0.15, 0.2) is 0 Å². The van der Waals surface area contributed by atoms with Crippen LogP contribution in [-0.4, -0.2) is 14.6 Å². The number of aryl methyl sites for hydroxylation is 2. The first-order valence-corrected chi connectivity index (χ1v) is 9.76. The van der Waals surface area contributed by atoms with Crippen molar-refractivity contribution in [1.82, 2.24) is 14.6 Å². The lowest BCUT2D eigenvalue weighted by atomic mass is 10.0. The van der Waals surface area contributed by atoms with Gasteiger partial charge >= 0.3 is 0 Å². The van der Waals surface area contributed by atoms with Crippen molar-refractivity contribution in [2.24, 2.45) is 0 Å². The van der Waals surface area contributed by atoms with Crippen LogP contribution in [0.3, 0.4) is 0 Å². The highest BCUT2D eigenvalue weighted by Gasteiger charge is 2.12. The molecule has 0 fully saturated rings. The number of benzene rings is 2. The number of aromatic nitrogens is 3. The summed E-state index contributed by atoms with van der Waals surface area (Å²) in [4.78, 5) is 4.55. The highest BCUT2D eigenvalue weighted by Crippen LogP contribution is 2.31. The zero-order valence-corrected chi connectivity index (χ0v) is 16.2. The molecule has 2 aromatic heterocycles. The standard InChI is InChI=1S/C21H18ClN3S/c1-14-7-8-17(15(2)11-14)19-12-20-21(23-9-10-25(20)24-19)26-13-16-5-3-4-6-18(16)22/h3-12H,13H2,1-2H3. The maximum atomic E-state index is 6.27. The van der Waals surface area contributed by atoms with Crippen LogP contribution in [-0.2, 0) is 5.75 Å². The molecule has 0 atom stereocenters. The molecule has 0 spiro atoms. The Labute approximate surface area is 162 Å². The van der Waals surface area contributed by atoms with Crippen LogP contribution in [0.2, 0.25) is 5.02 Å². The summed E-state index contributed by atoms with van der Waals surface area (Å²) in [5, 5.41) is 6.49. The van der Waals surface area contributed by atoms with E-state index in [0.29, 0.717) is 0 Å². The van der Waals surface area contributed by atoms with Crippen LogP contribution >= 0.6 is 23.4 Å². The quantitative estimate of drug-likeness (QED) is 0.410. The summed E-state index contributed by atoms with van der Waals surface area (Å²) in [6.45, 7) is 4.23. The molecule has 0 radical (unpaired) electrons. The third-order valence-corrected chi connectivity index (χ3v) is 5.75. The SMILES string of the molecule is Cc1ccc(-c2cc3c(SCc4ccccc4Cl)nccn3n2)c(C)c1. The second kappa shape index (κ2) is 7.14. The first-order valence-electron chi connectivity index (χ1n) is 8.40. The van der Waals surface area contributed by atoms with E-state index in [9.17, 15) is 0 Å². The molecule has 3 nitrogen and oxygen atoms in total. The van der Waals surface area contributed by atoms with Crippen molar-refractivity contribution < 1.29 is 0 Å². The molecule has 0 saturated carbocycles. The monoisotopic (exact) mass is 379 g/mol. The maximum Gasteiger partial charge on any atom is 0.122 e. The molecule has 0 aliphatic heterocycles. The van der Waals surface area contributed by atoms with Crippen LogP contribution in [0.4, 0.5) is 0 Å².